The van der Waals surface area contributed by atoms with Gasteiger partial charge in [0.2, 0.25) is 5.91 Å². The first kappa shape index (κ1) is 15.0. The van der Waals surface area contributed by atoms with E-state index in [0.29, 0.717) is 24.0 Å². The Morgan fingerprint density at radius 3 is 2.69 bits per heavy atom. The zero-order chi connectivity index (χ0) is 17.4. The SMILES string of the molecule is CN1CC(C(=O)N(C2CC2)C2CC2)C=C2c3cccc4[nH]cc(c34)CC21. The quantitative estimate of drug-likeness (QED) is 0.926. The van der Waals surface area contributed by atoms with Crippen LogP contribution in [0.3, 0.4) is 0 Å². The third-order valence-electron chi connectivity index (χ3n) is 6.72. The first-order valence-corrected chi connectivity index (χ1v) is 10.0. The highest BCUT2D eigenvalue weighted by Gasteiger charge is 2.45. The number of likely N-dealkylation sites (N-methyl/N-ethyl adjacent to an activating group) is 1. The molecule has 2 atom stereocenters. The van der Waals surface area contributed by atoms with Crippen LogP contribution in [0.25, 0.3) is 16.5 Å². The Morgan fingerprint density at radius 2 is 1.96 bits per heavy atom. The van der Waals surface area contributed by atoms with Crippen molar-refractivity contribution >= 4 is 22.4 Å². The molecule has 1 aliphatic heterocycles. The van der Waals surface area contributed by atoms with Gasteiger partial charge in [0.15, 0.2) is 0 Å². The summed E-state index contributed by atoms with van der Waals surface area (Å²) >= 11 is 0. The van der Waals surface area contributed by atoms with Gasteiger partial charge in [0.25, 0.3) is 0 Å². The Kier molecular flexibility index (Phi) is 3.02. The third kappa shape index (κ3) is 2.14. The van der Waals surface area contributed by atoms with E-state index in [-0.39, 0.29) is 5.92 Å². The van der Waals surface area contributed by atoms with Gasteiger partial charge in [0.1, 0.15) is 0 Å². The summed E-state index contributed by atoms with van der Waals surface area (Å²) in [6.07, 6.45) is 10.3. The summed E-state index contributed by atoms with van der Waals surface area (Å²) in [5.74, 6) is 0.378. The van der Waals surface area contributed by atoms with Crippen molar-refractivity contribution < 1.29 is 4.79 Å². The lowest BCUT2D eigenvalue weighted by Crippen LogP contribution is -2.48. The molecule has 0 saturated heterocycles. The maximum absolute atomic E-state index is 13.4. The lowest BCUT2D eigenvalue weighted by Gasteiger charge is -2.40. The summed E-state index contributed by atoms with van der Waals surface area (Å²) in [6, 6.07) is 7.97. The van der Waals surface area contributed by atoms with E-state index in [0.717, 1.165) is 13.0 Å². The average Bonchev–Trinajstić information content (AvgIpc) is 3.58. The number of hydrogen-bond donors (Lipinski definition) is 1. The van der Waals surface area contributed by atoms with Gasteiger partial charge in [-0.25, -0.2) is 0 Å². The standard InChI is InChI=1S/C22H25N3O/c1-24-12-14(22(26)25(15-5-6-15)16-7-8-16)9-18-17-3-2-4-19-21(17)13(11-23-19)10-20(18)24/h2-4,9,11,14-16,20,23H,5-8,10,12H2,1H3. The predicted octanol–water partition coefficient (Wildman–Crippen LogP) is 3.19. The maximum Gasteiger partial charge on any atom is 0.231 e. The van der Waals surface area contributed by atoms with Crippen molar-refractivity contribution in [1.82, 2.24) is 14.8 Å². The second kappa shape index (κ2) is 5.23. The van der Waals surface area contributed by atoms with Crippen molar-refractivity contribution in [3.05, 3.63) is 41.6 Å². The number of carbonyl (C=O) groups is 1. The molecule has 0 spiro atoms. The summed E-state index contributed by atoms with van der Waals surface area (Å²) in [5, 5.41) is 1.36. The van der Waals surface area contributed by atoms with E-state index in [1.54, 1.807) is 0 Å². The highest BCUT2D eigenvalue weighted by molar-refractivity contribution is 5.99. The van der Waals surface area contributed by atoms with Crippen LogP contribution in [0.1, 0.15) is 36.8 Å². The molecule has 2 saturated carbocycles. The second-order valence-corrected chi connectivity index (χ2v) is 8.64. The molecule has 3 aliphatic carbocycles. The Labute approximate surface area is 153 Å². The second-order valence-electron chi connectivity index (χ2n) is 8.64. The molecule has 1 aromatic heterocycles. The number of nitrogens with zero attached hydrogens (tertiary/aromatic N) is 2. The van der Waals surface area contributed by atoms with E-state index in [9.17, 15) is 4.79 Å². The Morgan fingerprint density at radius 1 is 1.19 bits per heavy atom. The largest absolute Gasteiger partial charge is 0.361 e. The zero-order valence-electron chi connectivity index (χ0n) is 15.2. The highest BCUT2D eigenvalue weighted by Crippen LogP contribution is 2.43. The van der Waals surface area contributed by atoms with Crippen molar-refractivity contribution in [1.29, 1.82) is 0 Å². The number of hydrogen-bond acceptors (Lipinski definition) is 2. The Hall–Kier alpha value is -2.07. The molecule has 2 unspecified atom stereocenters. The molecular weight excluding hydrogens is 322 g/mol. The highest BCUT2D eigenvalue weighted by atomic mass is 16.2. The van der Waals surface area contributed by atoms with Gasteiger partial charge >= 0.3 is 0 Å². The van der Waals surface area contributed by atoms with Crippen molar-refractivity contribution in [2.24, 2.45) is 5.92 Å². The van der Waals surface area contributed by atoms with Crippen LogP contribution in [0.2, 0.25) is 0 Å². The molecule has 0 radical (unpaired) electrons. The minimum absolute atomic E-state index is 0.00296. The van der Waals surface area contributed by atoms with E-state index in [1.807, 2.05) is 0 Å². The monoisotopic (exact) mass is 347 g/mol. The lowest BCUT2D eigenvalue weighted by molar-refractivity contribution is -0.136. The number of rotatable bonds is 3. The van der Waals surface area contributed by atoms with E-state index in [4.69, 9.17) is 0 Å². The van der Waals surface area contributed by atoms with Gasteiger partial charge in [-0.15, -0.1) is 0 Å². The van der Waals surface area contributed by atoms with E-state index < -0.39 is 0 Å². The molecule has 2 heterocycles. The third-order valence-corrected chi connectivity index (χ3v) is 6.72. The van der Waals surface area contributed by atoms with Crippen LogP contribution in [0.5, 0.6) is 0 Å². The number of H-pyrrole nitrogens is 1. The number of aromatic amines is 1. The summed E-state index contributed by atoms with van der Waals surface area (Å²) in [7, 11) is 2.19. The summed E-state index contributed by atoms with van der Waals surface area (Å²) < 4.78 is 0. The van der Waals surface area contributed by atoms with Gasteiger partial charge in [0.05, 0.1) is 5.92 Å². The van der Waals surface area contributed by atoms with Crippen LogP contribution >= 0.6 is 0 Å². The average molecular weight is 347 g/mol. The molecule has 4 heteroatoms. The van der Waals surface area contributed by atoms with Gasteiger partial charge in [-0.05, 0) is 61.9 Å². The van der Waals surface area contributed by atoms with Crippen LogP contribution in [-0.2, 0) is 11.2 Å². The zero-order valence-corrected chi connectivity index (χ0v) is 15.2. The normalized spacial score (nSPS) is 28.0. The van der Waals surface area contributed by atoms with Gasteiger partial charge in [-0.1, -0.05) is 18.2 Å². The van der Waals surface area contributed by atoms with E-state index >= 15 is 0 Å². The molecule has 0 bridgehead atoms. The topological polar surface area (TPSA) is 39.3 Å². The van der Waals surface area contributed by atoms with Gasteiger partial charge < -0.3 is 9.88 Å². The van der Waals surface area contributed by atoms with Crippen LogP contribution in [0.15, 0.2) is 30.5 Å². The number of carbonyl (C=O) groups excluding carboxylic acids is 1. The molecule has 2 fully saturated rings. The number of amides is 1. The van der Waals surface area contributed by atoms with E-state index in [2.05, 4.69) is 52.3 Å². The van der Waals surface area contributed by atoms with Crippen LogP contribution in [0.4, 0.5) is 0 Å². The van der Waals surface area contributed by atoms with Crippen LogP contribution in [-0.4, -0.2) is 52.4 Å². The Bertz CT molecular complexity index is 922. The fraction of sp³-hybridized carbons (Fsp3) is 0.500. The first-order valence-electron chi connectivity index (χ1n) is 10.0. The van der Waals surface area contributed by atoms with Crippen molar-refractivity contribution in [3.63, 3.8) is 0 Å². The minimum atomic E-state index is 0.00296. The molecule has 6 rings (SSSR count). The first-order chi connectivity index (χ1) is 12.7. The molecule has 26 heavy (non-hydrogen) atoms. The van der Waals surface area contributed by atoms with Gasteiger partial charge in [0, 0.05) is 41.8 Å². The molecule has 2 aromatic rings. The number of nitrogens with one attached hydrogen (secondary N) is 1. The summed E-state index contributed by atoms with van der Waals surface area (Å²) in [5.41, 5.74) is 5.31. The molecule has 1 aromatic carbocycles. The maximum atomic E-state index is 13.4. The molecule has 1 N–H and O–H groups in total. The number of aromatic nitrogens is 1. The molecule has 4 aliphatic rings. The van der Waals surface area contributed by atoms with Crippen LogP contribution < -0.4 is 0 Å². The molecule has 134 valence electrons. The van der Waals surface area contributed by atoms with Crippen molar-refractivity contribution in [3.8, 4) is 0 Å². The predicted molar refractivity (Wildman–Crippen MR) is 103 cm³/mol. The van der Waals surface area contributed by atoms with Gasteiger partial charge in [-0.2, -0.15) is 0 Å². The summed E-state index contributed by atoms with van der Waals surface area (Å²) in [6.45, 7) is 0.846. The minimum Gasteiger partial charge on any atom is -0.361 e. The smallest absolute Gasteiger partial charge is 0.231 e. The number of fused-ring (bicyclic) bond motifs is 2. The fourth-order valence-corrected chi connectivity index (χ4v) is 5.16. The van der Waals surface area contributed by atoms with Gasteiger partial charge in [-0.3, -0.25) is 9.69 Å². The molecule has 1 amide bonds. The fourth-order valence-electron chi connectivity index (χ4n) is 5.16. The summed E-state index contributed by atoms with van der Waals surface area (Å²) in [4.78, 5) is 21.4. The van der Waals surface area contributed by atoms with E-state index in [1.165, 1.54) is 53.3 Å². The van der Waals surface area contributed by atoms with Crippen molar-refractivity contribution in [2.75, 3.05) is 13.6 Å². The Balaban J connectivity index is 1.42. The van der Waals surface area contributed by atoms with Crippen molar-refractivity contribution in [2.45, 2.75) is 50.2 Å². The molecule has 4 nitrogen and oxygen atoms in total. The van der Waals surface area contributed by atoms with Crippen LogP contribution in [0, 0.1) is 5.92 Å². The lowest BCUT2D eigenvalue weighted by atomic mass is 9.79. The number of benzene rings is 1. The molecular formula is C22H25N3O.